The van der Waals surface area contributed by atoms with E-state index in [0.29, 0.717) is 0 Å². The van der Waals surface area contributed by atoms with Crippen LogP contribution in [0.15, 0.2) is 72.8 Å². The average Bonchev–Trinajstić information content (AvgIpc) is 2.84. The zero-order chi connectivity index (χ0) is 15.6. The van der Waals surface area contributed by atoms with Gasteiger partial charge in [-0.05, 0) is 43.8 Å². The largest absolute Gasteiger partial charge is 0.0619 e. The van der Waals surface area contributed by atoms with E-state index in [1.165, 1.54) is 43.8 Å². The maximum absolute atomic E-state index is 2.36. The fraction of sp³-hybridized carbons (Fsp3) is 0.130. The van der Waals surface area contributed by atoms with Crippen LogP contribution >= 0.6 is 0 Å². The fourth-order valence-electron chi connectivity index (χ4n) is 4.45. The molecule has 1 aliphatic carbocycles. The molecule has 0 aliphatic heterocycles. The molecule has 4 aromatic rings. The van der Waals surface area contributed by atoms with Crippen molar-refractivity contribution in [2.24, 2.45) is 0 Å². The van der Waals surface area contributed by atoms with E-state index in [-0.39, 0.29) is 5.41 Å². The van der Waals surface area contributed by atoms with Crippen LogP contribution in [0.2, 0.25) is 0 Å². The molecule has 0 fully saturated rings. The van der Waals surface area contributed by atoms with Gasteiger partial charge in [-0.2, -0.15) is 0 Å². The van der Waals surface area contributed by atoms with Gasteiger partial charge in [-0.1, -0.05) is 86.6 Å². The van der Waals surface area contributed by atoms with E-state index < -0.39 is 0 Å². The second-order valence-corrected chi connectivity index (χ2v) is 7.01. The molecule has 0 atom stereocenters. The topological polar surface area (TPSA) is 0 Å². The van der Waals surface area contributed by atoms with Gasteiger partial charge in [-0.3, -0.25) is 0 Å². The van der Waals surface area contributed by atoms with Crippen molar-refractivity contribution in [3.63, 3.8) is 0 Å². The van der Waals surface area contributed by atoms with Gasteiger partial charge in [0.15, 0.2) is 0 Å². The number of hydrogen-bond donors (Lipinski definition) is 0. The standard InChI is InChI=1S/C23H18/c1-23(2)20-14-8-7-13-19(20)21-17-11-5-3-9-15(17)16-10-4-6-12-18(16)22(21)23/h3-14H,1-2H3. The second kappa shape index (κ2) is 4.23. The lowest BCUT2D eigenvalue weighted by molar-refractivity contribution is 0.666. The lowest BCUT2D eigenvalue weighted by Gasteiger charge is -2.24. The summed E-state index contributed by atoms with van der Waals surface area (Å²) in [6, 6.07) is 26.6. The van der Waals surface area contributed by atoms with Gasteiger partial charge in [0.2, 0.25) is 0 Å². The molecule has 0 bridgehead atoms. The first-order valence-electron chi connectivity index (χ1n) is 8.23. The molecule has 0 heteroatoms. The third-order valence-corrected chi connectivity index (χ3v) is 5.43. The molecule has 110 valence electrons. The number of fused-ring (bicyclic) bond motifs is 8. The Labute approximate surface area is 136 Å². The zero-order valence-corrected chi connectivity index (χ0v) is 13.4. The van der Waals surface area contributed by atoms with E-state index in [1.54, 1.807) is 0 Å². The van der Waals surface area contributed by atoms with Crippen LogP contribution in [0.25, 0.3) is 32.7 Å². The van der Waals surface area contributed by atoms with Crippen LogP contribution in [0.3, 0.4) is 0 Å². The van der Waals surface area contributed by atoms with Crippen LogP contribution in [0, 0.1) is 0 Å². The Morgan fingerprint density at radius 2 is 1.09 bits per heavy atom. The van der Waals surface area contributed by atoms with Crippen molar-refractivity contribution in [3.05, 3.63) is 83.9 Å². The third kappa shape index (κ3) is 1.51. The monoisotopic (exact) mass is 294 g/mol. The van der Waals surface area contributed by atoms with E-state index in [4.69, 9.17) is 0 Å². The lowest BCUT2D eigenvalue weighted by Crippen LogP contribution is -2.15. The van der Waals surface area contributed by atoms with Crippen molar-refractivity contribution < 1.29 is 0 Å². The highest BCUT2D eigenvalue weighted by molar-refractivity contribution is 6.18. The van der Waals surface area contributed by atoms with Crippen LogP contribution in [0.4, 0.5) is 0 Å². The van der Waals surface area contributed by atoms with Crippen molar-refractivity contribution in [2.75, 3.05) is 0 Å². The predicted octanol–water partition coefficient (Wildman–Crippen LogP) is 6.30. The van der Waals surface area contributed by atoms with Crippen LogP contribution in [0.1, 0.15) is 25.0 Å². The summed E-state index contributed by atoms with van der Waals surface area (Å²) >= 11 is 0. The van der Waals surface area contributed by atoms with Crippen LogP contribution < -0.4 is 0 Å². The molecule has 0 aromatic heterocycles. The second-order valence-electron chi connectivity index (χ2n) is 7.01. The molecule has 0 saturated carbocycles. The van der Waals surface area contributed by atoms with Gasteiger partial charge < -0.3 is 0 Å². The predicted molar refractivity (Wildman–Crippen MR) is 99.0 cm³/mol. The molecule has 0 spiro atoms. The molecule has 0 unspecified atom stereocenters. The lowest BCUT2D eigenvalue weighted by atomic mass is 9.79. The summed E-state index contributed by atoms with van der Waals surface area (Å²) in [7, 11) is 0. The smallest absolute Gasteiger partial charge is 0.0165 e. The third-order valence-electron chi connectivity index (χ3n) is 5.43. The van der Waals surface area contributed by atoms with Gasteiger partial charge >= 0.3 is 0 Å². The van der Waals surface area contributed by atoms with Crippen molar-refractivity contribution in [1.29, 1.82) is 0 Å². The highest BCUT2D eigenvalue weighted by atomic mass is 14.4. The summed E-state index contributed by atoms with van der Waals surface area (Å²) in [5.74, 6) is 0. The molecule has 0 radical (unpaired) electrons. The summed E-state index contributed by atoms with van der Waals surface area (Å²) in [6.07, 6.45) is 0. The molecule has 4 aromatic carbocycles. The van der Waals surface area contributed by atoms with Gasteiger partial charge in [-0.25, -0.2) is 0 Å². The molecule has 0 N–H and O–H groups in total. The van der Waals surface area contributed by atoms with Crippen molar-refractivity contribution in [2.45, 2.75) is 19.3 Å². The number of benzene rings is 4. The van der Waals surface area contributed by atoms with E-state index in [0.717, 1.165) is 0 Å². The normalized spacial score (nSPS) is 14.9. The molecular weight excluding hydrogens is 276 g/mol. The van der Waals surface area contributed by atoms with E-state index in [2.05, 4.69) is 86.6 Å². The zero-order valence-electron chi connectivity index (χ0n) is 13.4. The fourth-order valence-corrected chi connectivity index (χ4v) is 4.45. The SMILES string of the molecule is CC1(C)c2ccccc2-c2c1c1ccccc1c1ccccc21. The van der Waals surface area contributed by atoms with E-state index in [9.17, 15) is 0 Å². The Bertz CT molecular complexity index is 1080. The number of rotatable bonds is 0. The average molecular weight is 294 g/mol. The highest BCUT2D eigenvalue weighted by Crippen LogP contribution is 2.54. The molecule has 0 amide bonds. The molecule has 5 rings (SSSR count). The van der Waals surface area contributed by atoms with Gasteiger partial charge in [-0.15, -0.1) is 0 Å². The van der Waals surface area contributed by atoms with Gasteiger partial charge in [0.1, 0.15) is 0 Å². The maximum Gasteiger partial charge on any atom is 0.0165 e. The Balaban J connectivity index is 2.13. The molecule has 0 heterocycles. The van der Waals surface area contributed by atoms with Gasteiger partial charge in [0.25, 0.3) is 0 Å². The number of hydrogen-bond acceptors (Lipinski definition) is 0. The van der Waals surface area contributed by atoms with Crippen LogP contribution in [0.5, 0.6) is 0 Å². The molecule has 0 saturated heterocycles. The van der Waals surface area contributed by atoms with Crippen molar-refractivity contribution >= 4 is 21.5 Å². The molecule has 1 aliphatic rings. The maximum atomic E-state index is 2.36. The first-order valence-corrected chi connectivity index (χ1v) is 8.23. The first-order chi connectivity index (χ1) is 11.2. The first kappa shape index (κ1) is 12.9. The summed E-state index contributed by atoms with van der Waals surface area (Å²) in [4.78, 5) is 0. The summed E-state index contributed by atoms with van der Waals surface area (Å²) in [6.45, 7) is 4.72. The Hall–Kier alpha value is -2.60. The minimum absolute atomic E-state index is 0.0373. The molecular formula is C23H18. The van der Waals surface area contributed by atoms with Crippen molar-refractivity contribution in [1.82, 2.24) is 0 Å². The van der Waals surface area contributed by atoms with E-state index >= 15 is 0 Å². The summed E-state index contributed by atoms with van der Waals surface area (Å²) in [5.41, 5.74) is 5.79. The van der Waals surface area contributed by atoms with Crippen LogP contribution in [-0.4, -0.2) is 0 Å². The minimum atomic E-state index is 0.0373. The highest BCUT2D eigenvalue weighted by Gasteiger charge is 2.37. The summed E-state index contributed by atoms with van der Waals surface area (Å²) in [5, 5.41) is 5.48. The minimum Gasteiger partial charge on any atom is -0.0619 e. The molecule has 0 nitrogen and oxygen atoms in total. The Morgan fingerprint density at radius 3 is 1.83 bits per heavy atom. The van der Waals surface area contributed by atoms with E-state index in [1.807, 2.05) is 0 Å². The Morgan fingerprint density at radius 1 is 0.565 bits per heavy atom. The van der Waals surface area contributed by atoms with Gasteiger partial charge in [0.05, 0.1) is 0 Å². The van der Waals surface area contributed by atoms with Crippen molar-refractivity contribution in [3.8, 4) is 11.1 Å². The Kier molecular flexibility index (Phi) is 2.37. The summed E-state index contributed by atoms with van der Waals surface area (Å²) < 4.78 is 0. The quantitative estimate of drug-likeness (QED) is 0.334. The van der Waals surface area contributed by atoms with Gasteiger partial charge in [0, 0.05) is 5.41 Å². The molecule has 23 heavy (non-hydrogen) atoms. The van der Waals surface area contributed by atoms with Crippen LogP contribution in [-0.2, 0) is 5.41 Å².